The molecular formula is C34H64O4. The second-order valence-corrected chi connectivity index (χ2v) is 11.3. The maximum Gasteiger partial charge on any atom is 0.306 e. The van der Waals surface area contributed by atoms with Crippen molar-refractivity contribution in [3.8, 4) is 0 Å². The van der Waals surface area contributed by atoms with Gasteiger partial charge in [0, 0.05) is 12.8 Å². The minimum absolute atomic E-state index is 0.00948. The van der Waals surface area contributed by atoms with Gasteiger partial charge in [0.25, 0.3) is 0 Å². The summed E-state index contributed by atoms with van der Waals surface area (Å²) in [5, 5.41) is 8.72. The highest BCUT2D eigenvalue weighted by molar-refractivity contribution is 5.69. The molecule has 0 aliphatic heterocycles. The van der Waals surface area contributed by atoms with Crippen LogP contribution in [-0.2, 0) is 14.3 Å². The van der Waals surface area contributed by atoms with Crippen LogP contribution in [-0.4, -0.2) is 23.1 Å². The molecule has 0 aliphatic rings. The largest absolute Gasteiger partial charge is 0.481 e. The summed E-state index contributed by atoms with van der Waals surface area (Å²) in [6.45, 7) is 4.49. The lowest BCUT2D eigenvalue weighted by atomic mass is 10.0. The number of unbranched alkanes of at least 4 members (excludes halogenated alkanes) is 19. The molecule has 0 aromatic carbocycles. The minimum Gasteiger partial charge on any atom is -0.481 e. The van der Waals surface area contributed by atoms with Crippen molar-refractivity contribution in [1.82, 2.24) is 0 Å². The summed E-state index contributed by atoms with van der Waals surface area (Å²) in [7, 11) is 0. The van der Waals surface area contributed by atoms with Crippen LogP contribution in [0.3, 0.4) is 0 Å². The first-order valence-electron chi connectivity index (χ1n) is 16.7. The molecule has 0 aromatic rings. The van der Waals surface area contributed by atoms with E-state index in [1.807, 2.05) is 0 Å². The zero-order valence-corrected chi connectivity index (χ0v) is 25.5. The fourth-order valence-electron chi connectivity index (χ4n) is 4.99. The molecular weight excluding hydrogens is 472 g/mol. The Morgan fingerprint density at radius 3 is 1.50 bits per heavy atom. The quantitative estimate of drug-likeness (QED) is 0.0563. The molecule has 0 spiro atoms. The molecule has 0 aromatic heterocycles. The average molecular weight is 537 g/mol. The summed E-state index contributed by atoms with van der Waals surface area (Å²) in [5.41, 5.74) is 0. The van der Waals surface area contributed by atoms with E-state index in [-0.39, 0.29) is 12.1 Å². The Bertz CT molecular complexity index is 543. The van der Waals surface area contributed by atoms with Crippen molar-refractivity contribution in [2.24, 2.45) is 0 Å². The summed E-state index contributed by atoms with van der Waals surface area (Å²) in [4.78, 5) is 23.1. The smallest absolute Gasteiger partial charge is 0.306 e. The minimum atomic E-state index is -0.687. The van der Waals surface area contributed by atoms with Crippen molar-refractivity contribution in [2.45, 2.75) is 193 Å². The Labute approximate surface area is 236 Å². The average Bonchev–Trinajstić information content (AvgIpc) is 2.89. The maximum atomic E-state index is 12.5. The Balaban J connectivity index is 4.04. The van der Waals surface area contributed by atoms with Gasteiger partial charge in [-0.05, 0) is 57.8 Å². The number of hydrogen-bond acceptors (Lipinski definition) is 3. The molecule has 0 bridgehead atoms. The van der Waals surface area contributed by atoms with E-state index in [4.69, 9.17) is 9.84 Å². The van der Waals surface area contributed by atoms with Crippen LogP contribution in [0.25, 0.3) is 0 Å². The molecule has 1 N–H and O–H groups in total. The molecule has 1 unspecified atom stereocenters. The van der Waals surface area contributed by atoms with Crippen LogP contribution in [0.1, 0.15) is 187 Å². The first-order valence-corrected chi connectivity index (χ1v) is 16.7. The van der Waals surface area contributed by atoms with Crippen molar-refractivity contribution >= 4 is 11.9 Å². The first kappa shape index (κ1) is 36.7. The number of esters is 1. The third kappa shape index (κ3) is 29.2. The highest BCUT2D eigenvalue weighted by Gasteiger charge is 2.14. The Hall–Kier alpha value is -1.32. The van der Waals surface area contributed by atoms with E-state index in [1.54, 1.807) is 0 Å². The van der Waals surface area contributed by atoms with Crippen LogP contribution in [0.5, 0.6) is 0 Å². The van der Waals surface area contributed by atoms with E-state index in [0.717, 1.165) is 51.4 Å². The summed E-state index contributed by atoms with van der Waals surface area (Å²) in [6.07, 6.45) is 35.1. The SMILES string of the molecule is CCCC/C=C\CCCCCCCC(=O)OC(CCCCCCCCC)CCCCCCCCCC(=O)O. The number of aliphatic carboxylic acids is 1. The third-order valence-electron chi connectivity index (χ3n) is 7.49. The number of ether oxygens (including phenoxy) is 1. The Kier molecular flexibility index (Phi) is 29.2. The van der Waals surface area contributed by atoms with Gasteiger partial charge >= 0.3 is 11.9 Å². The number of carboxylic acids is 1. The highest BCUT2D eigenvalue weighted by Crippen LogP contribution is 2.19. The van der Waals surface area contributed by atoms with Crippen LogP contribution < -0.4 is 0 Å². The van der Waals surface area contributed by atoms with Crippen molar-refractivity contribution in [2.75, 3.05) is 0 Å². The van der Waals surface area contributed by atoms with Gasteiger partial charge in [-0.15, -0.1) is 0 Å². The second-order valence-electron chi connectivity index (χ2n) is 11.3. The van der Waals surface area contributed by atoms with Gasteiger partial charge in [0.1, 0.15) is 6.10 Å². The van der Waals surface area contributed by atoms with E-state index in [2.05, 4.69) is 26.0 Å². The van der Waals surface area contributed by atoms with Gasteiger partial charge < -0.3 is 9.84 Å². The second kappa shape index (κ2) is 30.2. The standard InChI is InChI=1S/C34H64O4/c1-3-5-7-9-11-12-13-14-19-23-27-31-34(37)38-32(28-24-20-16-10-8-6-4-2)29-25-21-17-15-18-22-26-30-33(35)36/h9,11,32H,3-8,10,12-31H2,1-2H3,(H,35,36)/b11-9-. The lowest BCUT2D eigenvalue weighted by molar-refractivity contribution is -0.150. The molecule has 0 radical (unpaired) electrons. The fourth-order valence-corrected chi connectivity index (χ4v) is 4.99. The van der Waals surface area contributed by atoms with Crippen molar-refractivity contribution in [3.63, 3.8) is 0 Å². The van der Waals surface area contributed by atoms with Crippen LogP contribution in [0.2, 0.25) is 0 Å². The summed E-state index contributed by atoms with van der Waals surface area (Å²) in [6, 6.07) is 0. The molecule has 38 heavy (non-hydrogen) atoms. The molecule has 0 saturated carbocycles. The fraction of sp³-hybridized carbons (Fsp3) is 0.882. The monoisotopic (exact) mass is 536 g/mol. The van der Waals surface area contributed by atoms with E-state index in [0.29, 0.717) is 12.8 Å². The van der Waals surface area contributed by atoms with E-state index >= 15 is 0 Å². The summed E-state index contributed by atoms with van der Waals surface area (Å²) in [5.74, 6) is -0.678. The Morgan fingerprint density at radius 2 is 0.974 bits per heavy atom. The molecule has 0 saturated heterocycles. The van der Waals surface area contributed by atoms with Crippen LogP contribution in [0.4, 0.5) is 0 Å². The summed E-state index contributed by atoms with van der Waals surface area (Å²) >= 11 is 0. The predicted molar refractivity (Wildman–Crippen MR) is 163 cm³/mol. The lowest BCUT2D eigenvalue weighted by Gasteiger charge is -2.18. The van der Waals surface area contributed by atoms with Gasteiger partial charge in [-0.2, -0.15) is 0 Å². The molecule has 0 fully saturated rings. The van der Waals surface area contributed by atoms with Gasteiger partial charge in [-0.25, -0.2) is 0 Å². The van der Waals surface area contributed by atoms with Crippen molar-refractivity contribution in [3.05, 3.63) is 12.2 Å². The predicted octanol–water partition coefficient (Wildman–Crippen LogP) is 11.1. The highest BCUT2D eigenvalue weighted by atomic mass is 16.5. The maximum absolute atomic E-state index is 12.5. The first-order chi connectivity index (χ1) is 18.6. The zero-order chi connectivity index (χ0) is 27.9. The number of carbonyl (C=O) groups excluding carboxylic acids is 1. The van der Waals surface area contributed by atoms with E-state index < -0.39 is 5.97 Å². The van der Waals surface area contributed by atoms with Crippen molar-refractivity contribution in [1.29, 1.82) is 0 Å². The van der Waals surface area contributed by atoms with Gasteiger partial charge in [-0.3, -0.25) is 9.59 Å². The van der Waals surface area contributed by atoms with E-state index in [9.17, 15) is 9.59 Å². The zero-order valence-electron chi connectivity index (χ0n) is 25.5. The third-order valence-corrected chi connectivity index (χ3v) is 7.49. The number of carbonyl (C=O) groups is 2. The lowest BCUT2D eigenvalue weighted by Crippen LogP contribution is -2.18. The van der Waals surface area contributed by atoms with Gasteiger partial charge in [0.2, 0.25) is 0 Å². The van der Waals surface area contributed by atoms with E-state index in [1.165, 1.54) is 109 Å². The molecule has 0 heterocycles. The topological polar surface area (TPSA) is 63.6 Å². The number of rotatable bonds is 30. The van der Waals surface area contributed by atoms with Crippen LogP contribution >= 0.6 is 0 Å². The molecule has 0 rings (SSSR count). The van der Waals surface area contributed by atoms with Crippen molar-refractivity contribution < 1.29 is 19.4 Å². The molecule has 224 valence electrons. The normalized spacial score (nSPS) is 12.3. The molecule has 0 amide bonds. The van der Waals surface area contributed by atoms with Gasteiger partial charge in [0.15, 0.2) is 0 Å². The van der Waals surface area contributed by atoms with Crippen LogP contribution in [0, 0.1) is 0 Å². The van der Waals surface area contributed by atoms with Crippen LogP contribution in [0.15, 0.2) is 12.2 Å². The van der Waals surface area contributed by atoms with Gasteiger partial charge in [-0.1, -0.05) is 129 Å². The Morgan fingerprint density at radius 1 is 0.553 bits per heavy atom. The number of allylic oxidation sites excluding steroid dienone is 2. The molecule has 1 atom stereocenters. The molecule has 4 heteroatoms. The molecule has 0 aliphatic carbocycles. The molecule has 4 nitrogen and oxygen atoms in total. The number of carboxylic acid groups (broad SMARTS) is 1. The summed E-state index contributed by atoms with van der Waals surface area (Å²) < 4.78 is 5.97. The van der Waals surface area contributed by atoms with Gasteiger partial charge in [0.05, 0.1) is 0 Å². The number of hydrogen-bond donors (Lipinski definition) is 1.